The highest BCUT2D eigenvalue weighted by Gasteiger charge is 2.18. The molecule has 5 nitrogen and oxygen atoms in total. The maximum absolute atomic E-state index is 12.3. The third-order valence-electron chi connectivity index (χ3n) is 6.02. The van der Waals surface area contributed by atoms with E-state index in [4.69, 9.17) is 0 Å². The first-order chi connectivity index (χ1) is 14.5. The van der Waals surface area contributed by atoms with Crippen molar-refractivity contribution >= 4 is 17.7 Å². The molecule has 2 heterocycles. The highest BCUT2D eigenvalue weighted by atomic mass is 32.2. The number of likely N-dealkylation sites (tertiary alicyclic amines) is 1. The Morgan fingerprint density at radius 3 is 2.43 bits per heavy atom. The van der Waals surface area contributed by atoms with Crippen LogP contribution in [-0.4, -0.2) is 39.6 Å². The number of hydrogen-bond acceptors (Lipinski definition) is 5. The van der Waals surface area contributed by atoms with Crippen molar-refractivity contribution < 1.29 is 4.79 Å². The Kier molecular flexibility index (Phi) is 8.28. The lowest BCUT2D eigenvalue weighted by Crippen LogP contribution is -2.36. The van der Waals surface area contributed by atoms with E-state index in [1.54, 1.807) is 11.8 Å². The van der Waals surface area contributed by atoms with Crippen LogP contribution in [0, 0.1) is 13.8 Å². The second kappa shape index (κ2) is 10.9. The molecule has 1 atom stereocenters. The zero-order valence-corrected chi connectivity index (χ0v) is 19.5. The first kappa shape index (κ1) is 22.8. The number of carbonyl (C=O) groups excluding carboxylic acids is 1. The minimum Gasteiger partial charge on any atom is -0.352 e. The van der Waals surface area contributed by atoms with Crippen LogP contribution in [0.15, 0.2) is 29.4 Å². The lowest BCUT2D eigenvalue weighted by Gasteiger charge is -2.33. The molecule has 1 aromatic carbocycles. The van der Waals surface area contributed by atoms with Crippen LogP contribution in [0.5, 0.6) is 0 Å². The Morgan fingerprint density at radius 1 is 1.13 bits per heavy atom. The summed E-state index contributed by atoms with van der Waals surface area (Å²) < 4.78 is 0. The monoisotopic (exact) mass is 426 g/mol. The number of amides is 1. The third kappa shape index (κ3) is 6.29. The highest BCUT2D eigenvalue weighted by Crippen LogP contribution is 2.20. The quantitative estimate of drug-likeness (QED) is 0.500. The lowest BCUT2D eigenvalue weighted by atomic mass is 10.0. The van der Waals surface area contributed by atoms with Gasteiger partial charge >= 0.3 is 0 Å². The number of thioether (sulfide) groups is 1. The molecule has 2 aromatic rings. The Morgan fingerprint density at radius 2 is 1.80 bits per heavy atom. The van der Waals surface area contributed by atoms with E-state index < -0.39 is 0 Å². The van der Waals surface area contributed by atoms with Crippen molar-refractivity contribution in [2.45, 2.75) is 77.2 Å². The van der Waals surface area contributed by atoms with E-state index in [9.17, 15) is 4.79 Å². The number of hydrogen-bond donors (Lipinski definition) is 1. The van der Waals surface area contributed by atoms with Crippen LogP contribution in [0.2, 0.25) is 0 Å². The van der Waals surface area contributed by atoms with Crippen molar-refractivity contribution in [2.75, 3.05) is 12.8 Å². The number of benzene rings is 1. The topological polar surface area (TPSA) is 58.1 Å². The highest BCUT2D eigenvalue weighted by molar-refractivity contribution is 7.98. The van der Waals surface area contributed by atoms with Gasteiger partial charge in [-0.15, -0.1) is 0 Å². The second-order valence-corrected chi connectivity index (χ2v) is 9.04. The fraction of sp³-hybridized carbons (Fsp3) is 0.542. The molecular formula is C24H34N4OS. The number of piperidine rings is 1. The van der Waals surface area contributed by atoms with Crippen molar-refractivity contribution in [1.82, 2.24) is 20.2 Å². The van der Waals surface area contributed by atoms with Crippen molar-refractivity contribution in [3.63, 3.8) is 0 Å². The number of rotatable bonds is 8. The molecule has 0 aliphatic carbocycles. The van der Waals surface area contributed by atoms with E-state index in [1.165, 1.54) is 31.4 Å². The van der Waals surface area contributed by atoms with Crippen LogP contribution in [-0.2, 0) is 24.3 Å². The van der Waals surface area contributed by atoms with Gasteiger partial charge in [0.15, 0.2) is 5.16 Å². The molecule has 1 saturated heterocycles. The van der Waals surface area contributed by atoms with Gasteiger partial charge in [0.25, 0.3) is 0 Å². The molecule has 1 aromatic heterocycles. The summed E-state index contributed by atoms with van der Waals surface area (Å²) in [4.78, 5) is 23.9. The van der Waals surface area contributed by atoms with E-state index >= 15 is 0 Å². The van der Waals surface area contributed by atoms with Gasteiger partial charge in [0.1, 0.15) is 0 Å². The van der Waals surface area contributed by atoms with Crippen molar-refractivity contribution in [3.8, 4) is 0 Å². The Bertz CT molecular complexity index is 830. The van der Waals surface area contributed by atoms with Crippen LogP contribution in [0.25, 0.3) is 0 Å². The summed E-state index contributed by atoms with van der Waals surface area (Å²) in [6.07, 6.45) is 7.06. The zero-order chi connectivity index (χ0) is 21.5. The molecular weight excluding hydrogens is 392 g/mol. The Hall–Kier alpha value is -1.92. The van der Waals surface area contributed by atoms with Gasteiger partial charge in [0.2, 0.25) is 5.91 Å². The number of carbonyl (C=O) groups is 1. The molecule has 3 rings (SSSR count). The van der Waals surface area contributed by atoms with E-state index in [0.29, 0.717) is 25.4 Å². The summed E-state index contributed by atoms with van der Waals surface area (Å²) in [5.41, 5.74) is 5.51. The number of aromatic nitrogens is 2. The van der Waals surface area contributed by atoms with Gasteiger partial charge in [0.05, 0.1) is 0 Å². The minimum atomic E-state index is 0.0639. The summed E-state index contributed by atoms with van der Waals surface area (Å²) in [5, 5.41) is 3.83. The molecule has 1 aliphatic rings. The van der Waals surface area contributed by atoms with Crippen molar-refractivity contribution in [3.05, 3.63) is 52.3 Å². The van der Waals surface area contributed by atoms with Crippen LogP contribution < -0.4 is 5.32 Å². The largest absolute Gasteiger partial charge is 0.352 e. The molecule has 6 heteroatoms. The summed E-state index contributed by atoms with van der Waals surface area (Å²) >= 11 is 1.54. The van der Waals surface area contributed by atoms with Gasteiger partial charge in [-0.05, 0) is 69.5 Å². The number of nitrogens with zero attached hydrogens (tertiary/aromatic N) is 3. The second-order valence-electron chi connectivity index (χ2n) is 8.27. The van der Waals surface area contributed by atoms with E-state index in [2.05, 4.69) is 51.4 Å². The summed E-state index contributed by atoms with van der Waals surface area (Å²) in [6, 6.07) is 9.33. The van der Waals surface area contributed by atoms with Gasteiger partial charge in [-0.25, -0.2) is 9.97 Å². The van der Waals surface area contributed by atoms with Gasteiger partial charge in [-0.1, -0.05) is 42.4 Å². The van der Waals surface area contributed by atoms with E-state index in [0.717, 1.165) is 34.2 Å². The SMILES string of the molecule is CSc1nc(C)c(CCC(=O)NCc2ccc(CN3CCCCC3C)cc2)c(C)n1. The van der Waals surface area contributed by atoms with Crippen molar-refractivity contribution in [1.29, 1.82) is 0 Å². The lowest BCUT2D eigenvalue weighted by molar-refractivity contribution is -0.121. The van der Waals surface area contributed by atoms with Crippen LogP contribution >= 0.6 is 11.8 Å². The molecule has 1 N–H and O–H groups in total. The normalized spacial score (nSPS) is 17.1. The van der Waals surface area contributed by atoms with E-state index in [-0.39, 0.29) is 5.91 Å². The Labute approximate surface area is 185 Å². The molecule has 162 valence electrons. The standard InChI is InChI=1S/C24H34N4OS/c1-17-7-5-6-14-28(17)16-21-10-8-20(9-11-21)15-25-23(29)13-12-22-18(2)26-24(30-4)27-19(22)3/h8-11,17H,5-7,12-16H2,1-4H3,(H,25,29). The average Bonchev–Trinajstić information content (AvgIpc) is 2.74. The van der Waals surface area contributed by atoms with Crippen LogP contribution in [0.4, 0.5) is 0 Å². The number of nitrogens with one attached hydrogen (secondary N) is 1. The third-order valence-corrected chi connectivity index (χ3v) is 6.57. The fourth-order valence-corrected chi connectivity index (χ4v) is 4.54. The maximum Gasteiger partial charge on any atom is 0.220 e. The molecule has 0 saturated carbocycles. The maximum atomic E-state index is 12.3. The van der Waals surface area contributed by atoms with E-state index in [1.807, 2.05) is 20.1 Å². The summed E-state index contributed by atoms with van der Waals surface area (Å²) in [5.74, 6) is 0.0639. The predicted molar refractivity (Wildman–Crippen MR) is 124 cm³/mol. The molecule has 0 radical (unpaired) electrons. The molecule has 1 unspecified atom stereocenters. The van der Waals surface area contributed by atoms with Crippen molar-refractivity contribution in [2.24, 2.45) is 0 Å². The smallest absolute Gasteiger partial charge is 0.220 e. The average molecular weight is 427 g/mol. The summed E-state index contributed by atoms with van der Waals surface area (Å²) in [7, 11) is 0. The Balaban J connectivity index is 1.46. The van der Waals surface area contributed by atoms with Crippen LogP contribution in [0.3, 0.4) is 0 Å². The molecule has 1 amide bonds. The molecule has 30 heavy (non-hydrogen) atoms. The first-order valence-electron chi connectivity index (χ1n) is 10.9. The molecule has 0 bridgehead atoms. The molecule has 0 spiro atoms. The molecule has 1 aliphatic heterocycles. The van der Waals surface area contributed by atoms with Gasteiger partial charge < -0.3 is 5.32 Å². The van der Waals surface area contributed by atoms with Gasteiger partial charge in [-0.3, -0.25) is 9.69 Å². The van der Waals surface area contributed by atoms with Crippen LogP contribution in [0.1, 0.15) is 60.7 Å². The first-order valence-corrected chi connectivity index (χ1v) is 12.2. The van der Waals surface area contributed by atoms with Gasteiger partial charge in [0, 0.05) is 36.9 Å². The predicted octanol–water partition coefficient (Wildman–Crippen LogP) is 4.44. The molecule has 1 fully saturated rings. The fourth-order valence-electron chi connectivity index (χ4n) is 4.08. The van der Waals surface area contributed by atoms with Gasteiger partial charge in [-0.2, -0.15) is 0 Å². The zero-order valence-electron chi connectivity index (χ0n) is 18.7. The summed E-state index contributed by atoms with van der Waals surface area (Å²) in [6.45, 7) is 9.10. The minimum absolute atomic E-state index is 0.0639. The number of aryl methyl sites for hydroxylation is 2.